The predicted octanol–water partition coefficient (Wildman–Crippen LogP) is 5.82. The zero-order chi connectivity index (χ0) is 19.3. The van der Waals surface area contributed by atoms with Gasteiger partial charge in [-0.25, -0.2) is 0 Å². The third kappa shape index (κ3) is 2.99. The molecule has 146 valence electrons. The van der Waals surface area contributed by atoms with E-state index in [1.54, 1.807) is 7.11 Å². The number of ether oxygens (including phenoxy) is 1. The number of rotatable bonds is 5. The Labute approximate surface area is 173 Å². The Kier molecular flexibility index (Phi) is 4.54. The van der Waals surface area contributed by atoms with E-state index in [1.807, 2.05) is 18.2 Å². The highest BCUT2D eigenvalue weighted by Gasteiger charge is 2.53. The first-order chi connectivity index (χ1) is 13.6. The number of benzene rings is 2. The summed E-state index contributed by atoms with van der Waals surface area (Å²) in [6, 6.07) is 14.4. The SMILES string of the molecule is COc1ccc(C(=O)S)c(Cc2ccccc2)c1C12CC3CC(CC(C3)C1)C2. The first-order valence-corrected chi connectivity index (χ1v) is 11.0. The van der Waals surface area contributed by atoms with Gasteiger partial charge in [-0.05, 0) is 86.0 Å². The molecule has 0 spiro atoms. The molecule has 4 bridgehead atoms. The Morgan fingerprint density at radius 1 is 1.00 bits per heavy atom. The summed E-state index contributed by atoms with van der Waals surface area (Å²) in [7, 11) is 1.77. The van der Waals surface area contributed by atoms with Gasteiger partial charge in [0.1, 0.15) is 5.75 Å². The van der Waals surface area contributed by atoms with Gasteiger partial charge in [-0.3, -0.25) is 4.79 Å². The van der Waals surface area contributed by atoms with Crippen LogP contribution in [0.15, 0.2) is 42.5 Å². The summed E-state index contributed by atoms with van der Waals surface area (Å²) in [6.45, 7) is 0. The van der Waals surface area contributed by atoms with Gasteiger partial charge in [0, 0.05) is 16.5 Å². The van der Waals surface area contributed by atoms with Crippen LogP contribution in [0.2, 0.25) is 0 Å². The Balaban J connectivity index is 1.69. The first kappa shape index (κ1) is 18.3. The minimum absolute atomic E-state index is 0.139. The molecule has 0 radical (unpaired) electrons. The minimum atomic E-state index is -0.139. The van der Waals surface area contributed by atoms with Crippen LogP contribution in [0.4, 0.5) is 0 Å². The summed E-state index contributed by atoms with van der Waals surface area (Å²) in [5.41, 5.74) is 4.62. The van der Waals surface area contributed by atoms with Crippen LogP contribution in [0.5, 0.6) is 5.75 Å². The second-order valence-corrected chi connectivity index (χ2v) is 9.74. The van der Waals surface area contributed by atoms with E-state index in [-0.39, 0.29) is 10.5 Å². The number of hydrogen-bond acceptors (Lipinski definition) is 2. The highest BCUT2D eigenvalue weighted by atomic mass is 32.1. The topological polar surface area (TPSA) is 26.3 Å². The van der Waals surface area contributed by atoms with Crippen LogP contribution in [0, 0.1) is 17.8 Å². The maximum atomic E-state index is 12.5. The van der Waals surface area contributed by atoms with Gasteiger partial charge in [0.2, 0.25) is 5.12 Å². The van der Waals surface area contributed by atoms with Crippen LogP contribution in [-0.2, 0) is 11.8 Å². The van der Waals surface area contributed by atoms with Gasteiger partial charge in [-0.15, -0.1) is 12.6 Å². The van der Waals surface area contributed by atoms with E-state index in [0.717, 1.165) is 41.1 Å². The standard InChI is InChI=1S/C25H28O2S/c1-27-22-8-7-20(24(26)28)21(12-16-5-3-2-4-6-16)23(22)25-13-17-9-18(14-25)11-19(10-17)15-25/h2-8,17-19H,9-15H2,1H3,(H,26,28). The Hall–Kier alpha value is -1.74. The normalized spacial score (nSPS) is 30.4. The van der Waals surface area contributed by atoms with Crippen LogP contribution in [0.25, 0.3) is 0 Å². The molecule has 4 aliphatic rings. The van der Waals surface area contributed by atoms with E-state index in [4.69, 9.17) is 4.74 Å². The van der Waals surface area contributed by atoms with Gasteiger partial charge in [0.05, 0.1) is 7.11 Å². The molecular weight excluding hydrogens is 364 g/mol. The van der Waals surface area contributed by atoms with Crippen LogP contribution in [0.1, 0.15) is 65.6 Å². The number of thiol groups is 1. The van der Waals surface area contributed by atoms with Crippen LogP contribution in [0.3, 0.4) is 0 Å². The largest absolute Gasteiger partial charge is 0.496 e. The third-order valence-corrected chi connectivity index (χ3v) is 7.76. The zero-order valence-corrected chi connectivity index (χ0v) is 17.4. The Morgan fingerprint density at radius 2 is 1.61 bits per heavy atom. The van der Waals surface area contributed by atoms with Gasteiger partial charge >= 0.3 is 0 Å². The van der Waals surface area contributed by atoms with Crippen molar-refractivity contribution >= 4 is 17.7 Å². The lowest BCUT2D eigenvalue weighted by Crippen LogP contribution is -2.49. The van der Waals surface area contributed by atoms with Crippen molar-refractivity contribution in [3.05, 3.63) is 64.7 Å². The average Bonchev–Trinajstić information content (AvgIpc) is 2.67. The van der Waals surface area contributed by atoms with Crippen molar-refractivity contribution in [2.75, 3.05) is 7.11 Å². The zero-order valence-electron chi connectivity index (χ0n) is 16.5. The molecule has 4 aliphatic carbocycles. The van der Waals surface area contributed by atoms with E-state index in [0.29, 0.717) is 0 Å². The van der Waals surface area contributed by atoms with Crippen LogP contribution in [-0.4, -0.2) is 12.2 Å². The smallest absolute Gasteiger partial charge is 0.216 e. The monoisotopic (exact) mass is 392 g/mol. The summed E-state index contributed by atoms with van der Waals surface area (Å²) in [5.74, 6) is 3.49. The van der Waals surface area contributed by atoms with Crippen molar-refractivity contribution in [1.82, 2.24) is 0 Å². The van der Waals surface area contributed by atoms with Gasteiger partial charge in [-0.1, -0.05) is 30.3 Å². The second kappa shape index (κ2) is 6.95. The van der Waals surface area contributed by atoms with Crippen molar-refractivity contribution in [2.45, 2.75) is 50.4 Å². The maximum Gasteiger partial charge on any atom is 0.216 e. The van der Waals surface area contributed by atoms with Crippen molar-refractivity contribution in [3.63, 3.8) is 0 Å². The molecule has 0 N–H and O–H groups in total. The van der Waals surface area contributed by atoms with Gasteiger partial charge in [0.25, 0.3) is 0 Å². The molecule has 2 nitrogen and oxygen atoms in total. The van der Waals surface area contributed by atoms with Crippen molar-refractivity contribution in [3.8, 4) is 5.75 Å². The second-order valence-electron chi connectivity index (χ2n) is 9.33. The fourth-order valence-corrected chi connectivity index (χ4v) is 7.19. The van der Waals surface area contributed by atoms with E-state index in [2.05, 4.69) is 36.9 Å². The predicted molar refractivity (Wildman–Crippen MR) is 115 cm³/mol. The third-order valence-electron chi connectivity index (χ3n) is 7.52. The molecule has 0 saturated heterocycles. The number of methoxy groups -OCH3 is 1. The van der Waals surface area contributed by atoms with Gasteiger partial charge in [0.15, 0.2) is 0 Å². The summed E-state index contributed by atoms with van der Waals surface area (Å²) in [5, 5.41) is -0.139. The summed E-state index contributed by atoms with van der Waals surface area (Å²) in [4.78, 5) is 12.5. The lowest BCUT2D eigenvalue weighted by molar-refractivity contribution is -0.00653. The summed E-state index contributed by atoms with van der Waals surface area (Å²) >= 11 is 4.23. The molecule has 2 aromatic carbocycles. The molecule has 4 fully saturated rings. The molecule has 0 amide bonds. The van der Waals surface area contributed by atoms with Crippen LogP contribution < -0.4 is 4.74 Å². The quantitative estimate of drug-likeness (QED) is 0.649. The number of carbonyl (C=O) groups is 1. The van der Waals surface area contributed by atoms with Crippen molar-refractivity contribution in [1.29, 1.82) is 0 Å². The molecular formula is C25H28O2S. The molecule has 3 heteroatoms. The van der Waals surface area contributed by atoms with E-state index in [9.17, 15) is 4.79 Å². The van der Waals surface area contributed by atoms with E-state index < -0.39 is 0 Å². The summed E-state index contributed by atoms with van der Waals surface area (Å²) in [6.07, 6.45) is 8.73. The summed E-state index contributed by atoms with van der Waals surface area (Å²) < 4.78 is 5.91. The first-order valence-electron chi connectivity index (χ1n) is 10.6. The maximum absolute atomic E-state index is 12.5. The van der Waals surface area contributed by atoms with Gasteiger partial charge in [-0.2, -0.15) is 0 Å². The van der Waals surface area contributed by atoms with Crippen molar-refractivity contribution in [2.24, 2.45) is 17.8 Å². The fourth-order valence-electron chi connectivity index (χ4n) is 6.98. The minimum Gasteiger partial charge on any atom is -0.496 e. The van der Waals surface area contributed by atoms with E-state index >= 15 is 0 Å². The molecule has 4 saturated carbocycles. The molecule has 0 atom stereocenters. The lowest BCUT2D eigenvalue weighted by atomic mass is 9.47. The molecule has 0 heterocycles. The average molecular weight is 393 g/mol. The number of carbonyl (C=O) groups excluding carboxylic acids is 1. The highest BCUT2D eigenvalue weighted by molar-refractivity contribution is 7.97. The fraction of sp³-hybridized carbons (Fsp3) is 0.480. The Morgan fingerprint density at radius 3 is 2.14 bits per heavy atom. The van der Waals surface area contributed by atoms with Crippen LogP contribution >= 0.6 is 12.6 Å². The molecule has 0 unspecified atom stereocenters. The molecule has 28 heavy (non-hydrogen) atoms. The Bertz CT molecular complexity index is 867. The van der Waals surface area contributed by atoms with Crippen molar-refractivity contribution < 1.29 is 9.53 Å². The highest BCUT2D eigenvalue weighted by Crippen LogP contribution is 2.62. The molecule has 0 aliphatic heterocycles. The number of hydrogen-bond donors (Lipinski definition) is 1. The molecule has 6 rings (SSSR count). The van der Waals surface area contributed by atoms with Gasteiger partial charge < -0.3 is 4.74 Å². The van der Waals surface area contributed by atoms with E-state index in [1.165, 1.54) is 49.7 Å². The molecule has 0 aromatic heterocycles. The molecule has 2 aromatic rings. The lowest BCUT2D eigenvalue weighted by Gasteiger charge is -2.57.